The van der Waals surface area contributed by atoms with E-state index in [1.54, 1.807) is 0 Å². The summed E-state index contributed by atoms with van der Waals surface area (Å²) in [5.74, 6) is -2.31. The molecule has 32 heavy (non-hydrogen) atoms. The van der Waals surface area contributed by atoms with Crippen LogP contribution in [0.5, 0.6) is 0 Å². The fourth-order valence-corrected chi connectivity index (χ4v) is 3.69. The van der Waals surface area contributed by atoms with Crippen molar-refractivity contribution >= 4 is 5.97 Å². The van der Waals surface area contributed by atoms with E-state index in [2.05, 4.69) is 70.3 Å². The monoisotopic (exact) mass is 446 g/mol. The first-order valence-electron chi connectivity index (χ1n) is 10.2. The third-order valence-electron chi connectivity index (χ3n) is 5.24. The van der Waals surface area contributed by atoms with Gasteiger partial charge in [0.1, 0.15) is 0 Å². The Kier molecular flexibility index (Phi) is 7.29. The molecule has 3 aromatic rings. The third kappa shape index (κ3) is 5.73. The number of hydrogen-bond donors (Lipinski definition) is 2. The number of nitrogens with one attached hydrogen (secondary N) is 1. The Bertz CT molecular complexity index is 1030. The minimum Gasteiger partial charge on any atom is -0.475 e. The number of aromatic nitrogens is 3. The van der Waals surface area contributed by atoms with Crippen molar-refractivity contribution in [2.24, 2.45) is 0 Å². The molecule has 6 nitrogen and oxygen atoms in total. The molecule has 1 aliphatic rings. The number of carbonyl (C=O) groups is 1. The summed E-state index contributed by atoms with van der Waals surface area (Å²) in [6, 6.07) is 15.4. The van der Waals surface area contributed by atoms with Crippen LogP contribution in [0.25, 0.3) is 0 Å². The molecule has 4 rings (SSSR count). The van der Waals surface area contributed by atoms with E-state index in [0.29, 0.717) is 5.92 Å². The molecule has 2 aromatic heterocycles. The topological polar surface area (TPSA) is 82.1 Å². The van der Waals surface area contributed by atoms with Gasteiger partial charge < -0.3 is 5.11 Å². The van der Waals surface area contributed by atoms with Gasteiger partial charge in [0.15, 0.2) is 0 Å². The summed E-state index contributed by atoms with van der Waals surface area (Å²) >= 11 is 0. The standard InChI is InChI=1S/C21H24N4.C2HF3O2/c1-15(2)20-12-18(23-24-20)14-25-11-9-16-6-3-4-8-19(16)21(25)17-7-5-10-22-13-17;3-2(4,5)1(6)7/h3-8,10,12-13,15,21H,9,11,14H2,1-2H3,(H,23,24);(H,6,7). The number of alkyl halides is 3. The maximum atomic E-state index is 10.6. The summed E-state index contributed by atoms with van der Waals surface area (Å²) in [6.45, 7) is 6.26. The van der Waals surface area contributed by atoms with Crippen molar-refractivity contribution in [1.82, 2.24) is 20.1 Å². The molecule has 1 atom stereocenters. The van der Waals surface area contributed by atoms with Crippen LogP contribution in [0.4, 0.5) is 13.2 Å². The predicted molar refractivity (Wildman–Crippen MR) is 113 cm³/mol. The summed E-state index contributed by atoms with van der Waals surface area (Å²) in [7, 11) is 0. The van der Waals surface area contributed by atoms with Gasteiger partial charge in [0.25, 0.3) is 0 Å². The van der Waals surface area contributed by atoms with E-state index in [-0.39, 0.29) is 6.04 Å². The molecule has 0 radical (unpaired) electrons. The van der Waals surface area contributed by atoms with Crippen LogP contribution in [-0.2, 0) is 17.8 Å². The van der Waals surface area contributed by atoms with Crippen molar-refractivity contribution in [2.45, 2.75) is 44.9 Å². The van der Waals surface area contributed by atoms with Crippen LogP contribution >= 0.6 is 0 Å². The van der Waals surface area contributed by atoms with Crippen molar-refractivity contribution in [3.05, 3.63) is 82.9 Å². The largest absolute Gasteiger partial charge is 0.490 e. The molecule has 0 saturated carbocycles. The number of benzene rings is 1. The Morgan fingerprint density at radius 1 is 1.25 bits per heavy atom. The highest BCUT2D eigenvalue weighted by Gasteiger charge is 2.38. The first-order valence-corrected chi connectivity index (χ1v) is 10.2. The van der Waals surface area contributed by atoms with Crippen LogP contribution in [-0.4, -0.2) is 43.9 Å². The summed E-state index contributed by atoms with van der Waals surface area (Å²) in [5, 5.41) is 14.8. The number of fused-ring (bicyclic) bond motifs is 1. The Morgan fingerprint density at radius 3 is 2.56 bits per heavy atom. The number of carboxylic acid groups (broad SMARTS) is 1. The molecule has 0 amide bonds. The lowest BCUT2D eigenvalue weighted by molar-refractivity contribution is -0.192. The number of carboxylic acids is 1. The van der Waals surface area contributed by atoms with E-state index in [4.69, 9.17) is 9.90 Å². The predicted octanol–water partition coefficient (Wildman–Crippen LogP) is 4.71. The molecule has 0 spiro atoms. The number of pyridine rings is 1. The van der Waals surface area contributed by atoms with E-state index in [9.17, 15) is 13.2 Å². The molecule has 3 heterocycles. The third-order valence-corrected chi connectivity index (χ3v) is 5.24. The Balaban J connectivity index is 0.000000360. The van der Waals surface area contributed by atoms with Gasteiger partial charge in [-0.05, 0) is 41.2 Å². The molecular formula is C23H25F3N4O2. The first-order chi connectivity index (χ1) is 15.2. The van der Waals surface area contributed by atoms with Crippen LogP contribution in [0, 0.1) is 0 Å². The van der Waals surface area contributed by atoms with Crippen molar-refractivity contribution in [2.75, 3.05) is 6.54 Å². The van der Waals surface area contributed by atoms with Crippen LogP contribution in [0.2, 0.25) is 0 Å². The first kappa shape index (κ1) is 23.5. The smallest absolute Gasteiger partial charge is 0.475 e. The zero-order valence-electron chi connectivity index (χ0n) is 17.8. The SMILES string of the molecule is CC(C)c1cc(CN2CCc3ccccc3C2c2cccnc2)[nH]n1.O=C(O)C(F)(F)F. The van der Waals surface area contributed by atoms with Gasteiger partial charge in [-0.1, -0.05) is 44.2 Å². The van der Waals surface area contributed by atoms with E-state index in [1.165, 1.54) is 22.4 Å². The van der Waals surface area contributed by atoms with Gasteiger partial charge in [0.05, 0.1) is 11.7 Å². The molecule has 0 aliphatic carbocycles. The normalized spacial score (nSPS) is 16.2. The molecule has 170 valence electrons. The average molecular weight is 446 g/mol. The lowest BCUT2D eigenvalue weighted by Gasteiger charge is -2.37. The second kappa shape index (κ2) is 9.95. The van der Waals surface area contributed by atoms with Crippen LogP contribution < -0.4 is 0 Å². The minimum atomic E-state index is -5.08. The molecule has 0 bridgehead atoms. The summed E-state index contributed by atoms with van der Waals surface area (Å²) in [5.41, 5.74) is 6.39. The van der Waals surface area contributed by atoms with E-state index < -0.39 is 12.1 Å². The quantitative estimate of drug-likeness (QED) is 0.607. The molecule has 1 unspecified atom stereocenters. The number of aromatic amines is 1. The highest BCUT2D eigenvalue weighted by molar-refractivity contribution is 5.73. The molecule has 0 saturated heterocycles. The second-order valence-electron chi connectivity index (χ2n) is 7.88. The highest BCUT2D eigenvalue weighted by atomic mass is 19.4. The van der Waals surface area contributed by atoms with Crippen molar-refractivity contribution in [1.29, 1.82) is 0 Å². The van der Waals surface area contributed by atoms with Crippen molar-refractivity contribution in [3.63, 3.8) is 0 Å². The van der Waals surface area contributed by atoms with Gasteiger partial charge in [-0.3, -0.25) is 15.0 Å². The Hall–Kier alpha value is -3.20. The van der Waals surface area contributed by atoms with Crippen LogP contribution in [0.1, 0.15) is 53.9 Å². The minimum absolute atomic E-state index is 0.240. The summed E-state index contributed by atoms with van der Waals surface area (Å²) < 4.78 is 31.7. The van der Waals surface area contributed by atoms with Crippen LogP contribution in [0.3, 0.4) is 0 Å². The number of rotatable bonds is 4. The average Bonchev–Trinajstić information content (AvgIpc) is 3.23. The van der Waals surface area contributed by atoms with Gasteiger partial charge in [-0.25, -0.2) is 4.79 Å². The number of halogens is 3. The van der Waals surface area contributed by atoms with Crippen LogP contribution in [0.15, 0.2) is 54.9 Å². The fourth-order valence-electron chi connectivity index (χ4n) is 3.69. The Labute approximate surface area is 184 Å². The van der Waals surface area contributed by atoms with Crippen molar-refractivity contribution in [3.8, 4) is 0 Å². The summed E-state index contributed by atoms with van der Waals surface area (Å²) in [4.78, 5) is 15.8. The van der Waals surface area contributed by atoms with Gasteiger partial charge in [-0.2, -0.15) is 18.3 Å². The molecule has 1 aromatic carbocycles. The lowest BCUT2D eigenvalue weighted by Crippen LogP contribution is -2.35. The molecule has 2 N–H and O–H groups in total. The number of hydrogen-bond acceptors (Lipinski definition) is 4. The van der Waals surface area contributed by atoms with Gasteiger partial charge in [-0.15, -0.1) is 0 Å². The Morgan fingerprint density at radius 2 is 1.97 bits per heavy atom. The van der Waals surface area contributed by atoms with Gasteiger partial charge in [0, 0.05) is 31.2 Å². The highest BCUT2D eigenvalue weighted by Crippen LogP contribution is 2.35. The van der Waals surface area contributed by atoms with E-state index in [1.807, 2.05) is 18.5 Å². The van der Waals surface area contributed by atoms with E-state index in [0.717, 1.165) is 25.2 Å². The van der Waals surface area contributed by atoms with Gasteiger partial charge in [0.2, 0.25) is 0 Å². The number of nitrogens with zero attached hydrogens (tertiary/aromatic N) is 3. The molecule has 9 heteroatoms. The van der Waals surface area contributed by atoms with E-state index >= 15 is 0 Å². The summed E-state index contributed by atoms with van der Waals surface area (Å²) in [6.07, 6.45) is -0.170. The maximum Gasteiger partial charge on any atom is 0.490 e. The van der Waals surface area contributed by atoms with Crippen molar-refractivity contribution < 1.29 is 23.1 Å². The lowest BCUT2D eigenvalue weighted by atomic mass is 9.88. The zero-order chi connectivity index (χ0) is 23.3. The number of aliphatic carboxylic acids is 1. The molecule has 0 fully saturated rings. The zero-order valence-corrected chi connectivity index (χ0v) is 17.8. The number of H-pyrrole nitrogens is 1. The second-order valence-corrected chi connectivity index (χ2v) is 7.88. The van der Waals surface area contributed by atoms with Gasteiger partial charge >= 0.3 is 12.1 Å². The maximum absolute atomic E-state index is 10.6. The molecule has 1 aliphatic heterocycles. The fraction of sp³-hybridized carbons (Fsp3) is 0.348. The molecular weight excluding hydrogens is 421 g/mol.